The molecule has 0 saturated heterocycles. The predicted octanol–water partition coefficient (Wildman–Crippen LogP) is 1.90. The van der Waals surface area contributed by atoms with Gasteiger partial charge >= 0.3 is 24.0 Å². The Morgan fingerprint density at radius 3 is 1.94 bits per heavy atom. The number of aliphatic carboxylic acids is 1. The number of hydrogen-bond acceptors (Lipinski definition) is 2. The molecule has 106 valence electrons. The van der Waals surface area contributed by atoms with Crippen molar-refractivity contribution < 1.29 is 36.6 Å². The van der Waals surface area contributed by atoms with Crippen LogP contribution in [0, 0.1) is 0 Å². The zero-order chi connectivity index (χ0) is 14.7. The summed E-state index contributed by atoms with van der Waals surface area (Å²) in [5, 5.41) is 8.43. The normalized spacial score (nSPS) is 14.2. The zero-order valence-electron chi connectivity index (χ0n) is 9.59. The molecule has 1 atom stereocenters. The highest BCUT2D eigenvalue weighted by molar-refractivity contribution is 5.85. The van der Waals surface area contributed by atoms with E-state index >= 15 is 0 Å². The fourth-order valence-electron chi connectivity index (χ4n) is 1.32. The van der Waals surface area contributed by atoms with E-state index in [1.165, 1.54) is 6.92 Å². The molecule has 9 heteroatoms. The van der Waals surface area contributed by atoms with Crippen LogP contribution in [-0.2, 0) is 9.59 Å². The van der Waals surface area contributed by atoms with Crippen molar-refractivity contribution in [1.29, 1.82) is 0 Å². The van der Waals surface area contributed by atoms with Crippen molar-refractivity contribution in [1.82, 2.24) is 4.90 Å². The Balaban J connectivity index is 5.09. The minimum atomic E-state index is -6.00. The summed E-state index contributed by atoms with van der Waals surface area (Å²) in [6, 6.07) is -1.26. The largest absolute Gasteiger partial charge is 0.481 e. The van der Waals surface area contributed by atoms with Gasteiger partial charge in [-0.2, -0.15) is 22.0 Å². The van der Waals surface area contributed by atoms with Crippen LogP contribution in [0.2, 0.25) is 0 Å². The summed E-state index contributed by atoms with van der Waals surface area (Å²) in [6.07, 6.45) is -6.71. The van der Waals surface area contributed by atoms with Crippen molar-refractivity contribution in [2.24, 2.45) is 0 Å². The van der Waals surface area contributed by atoms with Crippen LogP contribution < -0.4 is 0 Å². The molecule has 1 N–H and O–H groups in total. The van der Waals surface area contributed by atoms with Gasteiger partial charge < -0.3 is 10.0 Å². The quantitative estimate of drug-likeness (QED) is 0.781. The predicted molar refractivity (Wildman–Crippen MR) is 50.1 cm³/mol. The second-order valence-corrected chi connectivity index (χ2v) is 3.61. The molecule has 1 unspecified atom stereocenters. The van der Waals surface area contributed by atoms with E-state index in [4.69, 9.17) is 5.11 Å². The van der Waals surface area contributed by atoms with E-state index in [0.717, 1.165) is 6.92 Å². The van der Waals surface area contributed by atoms with E-state index in [0.29, 0.717) is 0 Å². The average molecular weight is 277 g/mol. The van der Waals surface area contributed by atoms with E-state index in [1.807, 2.05) is 0 Å². The molecule has 0 aliphatic heterocycles. The molecule has 0 aromatic carbocycles. The highest BCUT2D eigenvalue weighted by atomic mass is 19.4. The smallest absolute Gasteiger partial charge is 0.463 e. The first-order valence-corrected chi connectivity index (χ1v) is 4.92. The topological polar surface area (TPSA) is 57.6 Å². The standard InChI is InChI=1S/C9H12F5NO3/c1-3-15(5(2)4-6(16)17)7(18)8(10,11)9(12,13)14/h5H,3-4H2,1-2H3,(H,16,17). The van der Waals surface area contributed by atoms with Gasteiger partial charge in [-0.05, 0) is 13.8 Å². The number of carbonyl (C=O) groups is 2. The maximum atomic E-state index is 12.8. The maximum absolute atomic E-state index is 12.8. The number of hydrogen-bond donors (Lipinski definition) is 1. The Kier molecular flexibility index (Phi) is 5.06. The number of carboxylic acids is 1. The monoisotopic (exact) mass is 277 g/mol. The van der Waals surface area contributed by atoms with Crippen LogP contribution in [0.5, 0.6) is 0 Å². The van der Waals surface area contributed by atoms with E-state index in [9.17, 15) is 31.5 Å². The van der Waals surface area contributed by atoms with E-state index in [2.05, 4.69) is 0 Å². The Morgan fingerprint density at radius 1 is 1.22 bits per heavy atom. The number of nitrogens with zero attached hydrogens (tertiary/aromatic N) is 1. The van der Waals surface area contributed by atoms with Gasteiger partial charge in [0.2, 0.25) is 0 Å². The van der Waals surface area contributed by atoms with Gasteiger partial charge in [-0.1, -0.05) is 0 Å². The summed E-state index contributed by atoms with van der Waals surface area (Å²) in [6.45, 7) is 1.82. The Morgan fingerprint density at radius 2 is 1.67 bits per heavy atom. The second-order valence-electron chi connectivity index (χ2n) is 3.61. The summed E-state index contributed by atoms with van der Waals surface area (Å²) in [4.78, 5) is 21.7. The molecular weight excluding hydrogens is 265 g/mol. The first-order chi connectivity index (χ1) is 7.95. The molecule has 0 saturated carbocycles. The minimum Gasteiger partial charge on any atom is -0.481 e. The van der Waals surface area contributed by atoms with Crippen molar-refractivity contribution in [2.45, 2.75) is 38.4 Å². The number of alkyl halides is 5. The lowest BCUT2D eigenvalue weighted by atomic mass is 10.1. The summed E-state index contributed by atoms with van der Waals surface area (Å²) in [7, 11) is 0. The van der Waals surface area contributed by atoms with Gasteiger partial charge in [0.1, 0.15) is 0 Å². The molecule has 0 spiro atoms. The molecule has 0 aromatic rings. The first kappa shape index (κ1) is 16.6. The molecule has 0 fully saturated rings. The lowest BCUT2D eigenvalue weighted by Crippen LogP contribution is -2.54. The third-order valence-corrected chi connectivity index (χ3v) is 2.23. The number of halogens is 5. The van der Waals surface area contributed by atoms with E-state index < -0.39 is 43.0 Å². The lowest BCUT2D eigenvalue weighted by molar-refractivity contribution is -0.275. The summed E-state index contributed by atoms with van der Waals surface area (Å²) >= 11 is 0. The molecule has 0 radical (unpaired) electrons. The Hall–Kier alpha value is -1.41. The summed E-state index contributed by atoms with van der Waals surface area (Å²) in [5.74, 6) is -9.36. The highest BCUT2D eigenvalue weighted by Crippen LogP contribution is 2.37. The van der Waals surface area contributed by atoms with Crippen molar-refractivity contribution in [3.63, 3.8) is 0 Å². The van der Waals surface area contributed by atoms with Crippen LogP contribution >= 0.6 is 0 Å². The van der Waals surface area contributed by atoms with Crippen LogP contribution in [0.4, 0.5) is 22.0 Å². The SMILES string of the molecule is CCN(C(=O)C(F)(F)C(F)(F)F)C(C)CC(=O)O. The zero-order valence-corrected chi connectivity index (χ0v) is 9.59. The molecule has 0 heterocycles. The van der Waals surface area contributed by atoms with Crippen LogP contribution in [0.3, 0.4) is 0 Å². The number of carbonyl (C=O) groups excluding carboxylic acids is 1. The third kappa shape index (κ3) is 3.54. The molecule has 0 aliphatic rings. The van der Waals surface area contributed by atoms with Crippen LogP contribution in [-0.4, -0.2) is 46.6 Å². The molecule has 0 rings (SSSR count). The number of rotatable bonds is 5. The van der Waals surface area contributed by atoms with Gasteiger partial charge in [0.05, 0.1) is 6.42 Å². The molecule has 0 bridgehead atoms. The maximum Gasteiger partial charge on any atom is 0.463 e. The molecule has 1 amide bonds. The van der Waals surface area contributed by atoms with Crippen molar-refractivity contribution in [3.8, 4) is 0 Å². The molecule has 0 aliphatic carbocycles. The summed E-state index contributed by atoms with van der Waals surface area (Å²) < 4.78 is 61.6. The van der Waals surface area contributed by atoms with Crippen LogP contribution in [0.25, 0.3) is 0 Å². The van der Waals surface area contributed by atoms with E-state index in [-0.39, 0.29) is 4.90 Å². The van der Waals surface area contributed by atoms with Crippen LogP contribution in [0.15, 0.2) is 0 Å². The number of amides is 1. The Labute approximate surface area is 99.4 Å². The summed E-state index contributed by atoms with van der Waals surface area (Å²) in [5.41, 5.74) is 0. The fourth-order valence-corrected chi connectivity index (χ4v) is 1.32. The van der Waals surface area contributed by atoms with Gasteiger partial charge in [-0.15, -0.1) is 0 Å². The van der Waals surface area contributed by atoms with Crippen molar-refractivity contribution in [2.75, 3.05) is 6.54 Å². The number of carboxylic acid groups (broad SMARTS) is 1. The van der Waals surface area contributed by atoms with Gasteiger partial charge in [0, 0.05) is 12.6 Å². The van der Waals surface area contributed by atoms with Gasteiger partial charge in [-0.3, -0.25) is 9.59 Å². The van der Waals surface area contributed by atoms with Gasteiger partial charge in [0.15, 0.2) is 0 Å². The fraction of sp³-hybridized carbons (Fsp3) is 0.778. The van der Waals surface area contributed by atoms with Crippen LogP contribution in [0.1, 0.15) is 20.3 Å². The molecular formula is C9H12F5NO3. The van der Waals surface area contributed by atoms with Crippen molar-refractivity contribution in [3.05, 3.63) is 0 Å². The molecule has 18 heavy (non-hydrogen) atoms. The third-order valence-electron chi connectivity index (χ3n) is 2.23. The highest BCUT2D eigenvalue weighted by Gasteiger charge is 2.64. The average Bonchev–Trinajstić information content (AvgIpc) is 2.15. The van der Waals surface area contributed by atoms with Crippen molar-refractivity contribution >= 4 is 11.9 Å². The van der Waals surface area contributed by atoms with Gasteiger partial charge in [-0.25, -0.2) is 0 Å². The second kappa shape index (κ2) is 5.49. The van der Waals surface area contributed by atoms with Gasteiger partial charge in [0.25, 0.3) is 0 Å². The first-order valence-electron chi connectivity index (χ1n) is 4.92. The molecule has 4 nitrogen and oxygen atoms in total. The lowest BCUT2D eigenvalue weighted by Gasteiger charge is -2.31. The molecule has 0 aromatic heterocycles. The van der Waals surface area contributed by atoms with E-state index in [1.54, 1.807) is 0 Å². The minimum absolute atomic E-state index is 0.196. The Bertz CT molecular complexity index is 329.